The zero-order valence-electron chi connectivity index (χ0n) is 16.3. The van der Waals surface area contributed by atoms with Gasteiger partial charge in [-0.05, 0) is 30.3 Å². The van der Waals surface area contributed by atoms with E-state index in [9.17, 15) is 27.2 Å². The van der Waals surface area contributed by atoms with E-state index in [2.05, 4.69) is 5.32 Å². The number of hydrogen-bond acceptors (Lipinski definition) is 4. The van der Waals surface area contributed by atoms with Gasteiger partial charge in [-0.3, -0.25) is 9.59 Å². The van der Waals surface area contributed by atoms with Gasteiger partial charge in [0.25, 0.3) is 5.91 Å². The molecule has 0 heterocycles. The average Bonchev–Trinajstić information content (AvgIpc) is 2.79. The smallest absolute Gasteiger partial charge is 0.262 e. The lowest BCUT2D eigenvalue weighted by atomic mass is 10.2. The van der Waals surface area contributed by atoms with Crippen molar-refractivity contribution in [1.82, 2.24) is 0 Å². The van der Waals surface area contributed by atoms with Crippen LogP contribution in [0.15, 0.2) is 65.6 Å². The summed E-state index contributed by atoms with van der Waals surface area (Å²) in [5.41, 5.74) is -0.742. The summed E-state index contributed by atoms with van der Waals surface area (Å²) in [4.78, 5) is 24.6. The highest BCUT2D eigenvalue weighted by Gasteiger charge is 2.20. The predicted molar refractivity (Wildman–Crippen MR) is 113 cm³/mol. The number of thioether (sulfide) groups is 1. The van der Waals surface area contributed by atoms with E-state index in [0.29, 0.717) is 16.3 Å². The van der Waals surface area contributed by atoms with Gasteiger partial charge in [0.2, 0.25) is 5.91 Å². The van der Waals surface area contributed by atoms with Crippen LogP contribution in [0.2, 0.25) is 0 Å². The zero-order valence-corrected chi connectivity index (χ0v) is 17.1. The van der Waals surface area contributed by atoms with Crippen LogP contribution in [0.3, 0.4) is 0 Å². The van der Waals surface area contributed by atoms with Crippen molar-refractivity contribution in [3.05, 3.63) is 83.9 Å². The van der Waals surface area contributed by atoms with Crippen molar-refractivity contribution in [1.29, 1.82) is 0 Å². The molecule has 32 heavy (non-hydrogen) atoms. The standard InChI is InChI=1S/C22H16F4N2O3S/c23-16-10-17(24)21(26)22(20(16)25)28-19(30)12-32-15-8-4-5-13(9-15)27-18(29)11-31-14-6-2-1-3-7-14/h1-10H,11-12H2,(H,27,29)(H,28,30). The number of para-hydroxylation sites is 1. The summed E-state index contributed by atoms with van der Waals surface area (Å²) in [6, 6.07) is 15.4. The van der Waals surface area contributed by atoms with Crippen LogP contribution in [0.1, 0.15) is 0 Å². The molecule has 2 N–H and O–H groups in total. The molecule has 0 radical (unpaired) electrons. The van der Waals surface area contributed by atoms with Gasteiger partial charge in [-0.2, -0.15) is 0 Å². The fourth-order valence-corrected chi connectivity index (χ4v) is 3.29. The first-order valence-corrected chi connectivity index (χ1v) is 10.2. The summed E-state index contributed by atoms with van der Waals surface area (Å²) in [5, 5.41) is 4.48. The maximum Gasteiger partial charge on any atom is 0.262 e. The molecule has 0 aliphatic carbocycles. The molecule has 0 aliphatic rings. The van der Waals surface area contributed by atoms with Crippen LogP contribution < -0.4 is 15.4 Å². The molecule has 0 atom stereocenters. The summed E-state index contributed by atoms with van der Waals surface area (Å²) >= 11 is 0.992. The first kappa shape index (κ1) is 23.1. The van der Waals surface area contributed by atoms with Gasteiger partial charge >= 0.3 is 0 Å². The molecule has 5 nitrogen and oxygen atoms in total. The van der Waals surface area contributed by atoms with Gasteiger partial charge in [-0.25, -0.2) is 17.6 Å². The number of hydrogen-bond donors (Lipinski definition) is 2. The van der Waals surface area contributed by atoms with E-state index in [4.69, 9.17) is 4.74 Å². The quantitative estimate of drug-likeness (QED) is 0.280. The molecular weight excluding hydrogens is 448 g/mol. The van der Waals surface area contributed by atoms with Crippen molar-refractivity contribution in [2.75, 3.05) is 23.0 Å². The molecule has 0 unspecified atom stereocenters. The lowest BCUT2D eigenvalue weighted by Gasteiger charge is -2.10. The van der Waals surface area contributed by atoms with Crippen LogP contribution in [0, 0.1) is 23.3 Å². The Balaban J connectivity index is 1.54. The molecule has 3 aromatic rings. The van der Waals surface area contributed by atoms with Crippen molar-refractivity contribution in [2.45, 2.75) is 4.90 Å². The van der Waals surface area contributed by atoms with Crippen molar-refractivity contribution in [3.63, 3.8) is 0 Å². The predicted octanol–water partition coefficient (Wildman–Crippen LogP) is 4.99. The Hall–Kier alpha value is -3.53. The first-order chi connectivity index (χ1) is 15.3. The Labute approximate surface area is 184 Å². The van der Waals surface area contributed by atoms with Crippen LogP contribution >= 0.6 is 11.8 Å². The number of nitrogens with one attached hydrogen (secondary N) is 2. The van der Waals surface area contributed by atoms with Crippen molar-refractivity contribution < 1.29 is 31.9 Å². The Morgan fingerprint density at radius 1 is 0.812 bits per heavy atom. The summed E-state index contributed by atoms with van der Waals surface area (Å²) in [7, 11) is 0. The molecule has 0 spiro atoms. The van der Waals surface area contributed by atoms with Gasteiger partial charge in [0, 0.05) is 16.6 Å². The van der Waals surface area contributed by atoms with Crippen LogP contribution in [0.4, 0.5) is 28.9 Å². The Bertz CT molecular complexity index is 1100. The monoisotopic (exact) mass is 464 g/mol. The van der Waals surface area contributed by atoms with E-state index in [0.717, 1.165) is 11.8 Å². The first-order valence-electron chi connectivity index (χ1n) is 9.17. The Morgan fingerprint density at radius 2 is 1.50 bits per heavy atom. The molecule has 3 aromatic carbocycles. The number of amides is 2. The van der Waals surface area contributed by atoms with Crippen LogP contribution in [-0.4, -0.2) is 24.2 Å². The van der Waals surface area contributed by atoms with E-state index in [1.54, 1.807) is 48.5 Å². The summed E-state index contributed by atoms with van der Waals surface area (Å²) in [6.45, 7) is -0.203. The van der Waals surface area contributed by atoms with Crippen LogP contribution in [0.25, 0.3) is 0 Å². The second kappa shape index (κ2) is 10.7. The minimum Gasteiger partial charge on any atom is -0.484 e. The van der Waals surface area contributed by atoms with Crippen LogP contribution in [-0.2, 0) is 9.59 Å². The molecular formula is C22H16F4N2O3S. The zero-order chi connectivity index (χ0) is 23.1. The lowest BCUT2D eigenvalue weighted by Crippen LogP contribution is -2.20. The summed E-state index contributed by atoms with van der Waals surface area (Å²) in [6.07, 6.45) is 0. The largest absolute Gasteiger partial charge is 0.484 e. The molecule has 0 saturated heterocycles. The molecule has 0 aliphatic heterocycles. The van der Waals surface area contributed by atoms with E-state index in [1.807, 2.05) is 11.4 Å². The molecule has 0 saturated carbocycles. The number of ether oxygens (including phenoxy) is 1. The molecule has 0 fully saturated rings. The second-order valence-electron chi connectivity index (χ2n) is 6.36. The number of rotatable bonds is 8. The van der Waals surface area contributed by atoms with Gasteiger partial charge in [-0.1, -0.05) is 24.3 Å². The molecule has 166 valence electrons. The SMILES string of the molecule is O=C(COc1ccccc1)Nc1cccc(SCC(=O)Nc2c(F)c(F)cc(F)c2F)c1. The maximum absolute atomic E-state index is 13.7. The van der Waals surface area contributed by atoms with E-state index < -0.39 is 40.8 Å². The molecule has 0 aromatic heterocycles. The topological polar surface area (TPSA) is 67.4 Å². The fourth-order valence-electron chi connectivity index (χ4n) is 2.53. The average molecular weight is 464 g/mol. The van der Waals surface area contributed by atoms with Crippen molar-refractivity contribution >= 4 is 35.0 Å². The third-order valence-corrected chi connectivity index (χ3v) is 4.97. The Morgan fingerprint density at radius 3 is 2.19 bits per heavy atom. The highest BCUT2D eigenvalue weighted by Crippen LogP contribution is 2.26. The lowest BCUT2D eigenvalue weighted by molar-refractivity contribution is -0.118. The highest BCUT2D eigenvalue weighted by molar-refractivity contribution is 8.00. The van der Waals surface area contributed by atoms with Gasteiger partial charge < -0.3 is 15.4 Å². The minimum atomic E-state index is -1.69. The van der Waals surface area contributed by atoms with Gasteiger partial charge in [0.15, 0.2) is 29.9 Å². The number of carbonyl (C=O) groups excluding carboxylic acids is 2. The minimum absolute atomic E-state index is 0.0553. The number of anilines is 2. The van der Waals surface area contributed by atoms with E-state index >= 15 is 0 Å². The van der Waals surface area contributed by atoms with Gasteiger partial charge in [-0.15, -0.1) is 11.8 Å². The third-order valence-electron chi connectivity index (χ3n) is 3.98. The number of carbonyl (C=O) groups is 2. The summed E-state index contributed by atoms with van der Waals surface area (Å²) in [5.74, 6) is -7.64. The maximum atomic E-state index is 13.7. The fraction of sp³-hybridized carbons (Fsp3) is 0.0909. The van der Waals surface area contributed by atoms with Gasteiger partial charge in [0.05, 0.1) is 5.75 Å². The Kier molecular flexibility index (Phi) is 7.72. The third kappa shape index (κ3) is 6.24. The molecule has 10 heteroatoms. The molecule has 2 amide bonds. The molecule has 0 bridgehead atoms. The normalized spacial score (nSPS) is 10.5. The van der Waals surface area contributed by atoms with Crippen molar-refractivity contribution in [3.8, 4) is 5.75 Å². The highest BCUT2D eigenvalue weighted by atomic mass is 32.2. The number of benzene rings is 3. The van der Waals surface area contributed by atoms with Crippen molar-refractivity contribution in [2.24, 2.45) is 0 Å². The summed E-state index contributed by atoms with van der Waals surface area (Å²) < 4.78 is 59.2. The molecule has 3 rings (SSSR count). The van der Waals surface area contributed by atoms with E-state index in [1.165, 1.54) is 0 Å². The van der Waals surface area contributed by atoms with E-state index in [-0.39, 0.29) is 18.4 Å². The number of halogens is 4. The van der Waals surface area contributed by atoms with Crippen LogP contribution in [0.5, 0.6) is 5.75 Å². The second-order valence-corrected chi connectivity index (χ2v) is 7.41. The van der Waals surface area contributed by atoms with Gasteiger partial charge in [0.1, 0.15) is 11.4 Å².